The Labute approximate surface area is 169 Å². The highest BCUT2D eigenvalue weighted by Gasteiger charge is 2.34. The lowest BCUT2D eigenvalue weighted by molar-refractivity contribution is 0.0697. The van der Waals surface area contributed by atoms with Gasteiger partial charge in [0.05, 0.1) is 17.6 Å². The van der Waals surface area contributed by atoms with E-state index in [4.69, 9.17) is 5.11 Å². The van der Waals surface area contributed by atoms with E-state index in [9.17, 15) is 9.59 Å². The average molecular weight is 441 g/mol. The molecule has 2 heterocycles. The maximum absolute atomic E-state index is 13.1. The number of rotatable bonds is 3. The van der Waals surface area contributed by atoms with Gasteiger partial charge in [0.2, 0.25) is 0 Å². The predicted molar refractivity (Wildman–Crippen MR) is 107 cm³/mol. The first-order valence-electron chi connectivity index (χ1n) is 8.71. The van der Waals surface area contributed by atoms with Crippen LogP contribution in [0.3, 0.4) is 0 Å². The molecule has 7 nitrogen and oxygen atoms in total. The number of aromatic nitrogens is 2. The number of carbonyl (C=O) groups is 2. The largest absolute Gasteiger partial charge is 0.478 e. The van der Waals surface area contributed by atoms with E-state index in [1.807, 2.05) is 24.3 Å². The number of urea groups is 1. The van der Waals surface area contributed by atoms with Crippen LogP contribution in [0.25, 0.3) is 0 Å². The smallest absolute Gasteiger partial charge is 0.335 e. The zero-order valence-electron chi connectivity index (χ0n) is 14.7. The summed E-state index contributed by atoms with van der Waals surface area (Å²) in [4.78, 5) is 33.5. The standard InChI is InChI=1S/C20H17BrN4O3/c21-14-6-4-12(5-7-14)18-17-16(22-11-23-17)8-9-25(18)20(28)24-15-3-1-2-13(10-15)19(26)27/h1-7,10-11,18H,8-9H2,(H,22,23)(H,24,28)(H,26,27)/t18-/m1/s1. The normalized spacial score (nSPS) is 15.8. The summed E-state index contributed by atoms with van der Waals surface area (Å²) in [7, 11) is 0. The second-order valence-corrected chi connectivity index (χ2v) is 7.40. The highest BCUT2D eigenvalue weighted by atomic mass is 79.9. The number of benzene rings is 2. The van der Waals surface area contributed by atoms with E-state index < -0.39 is 5.97 Å². The number of carboxylic acid groups (broad SMARTS) is 1. The van der Waals surface area contributed by atoms with Crippen molar-refractivity contribution in [1.29, 1.82) is 0 Å². The molecule has 1 aliphatic rings. The molecule has 2 amide bonds. The number of aromatic carboxylic acids is 1. The highest BCUT2D eigenvalue weighted by molar-refractivity contribution is 9.10. The van der Waals surface area contributed by atoms with Gasteiger partial charge in [-0.05, 0) is 35.9 Å². The second kappa shape index (κ2) is 7.47. The monoisotopic (exact) mass is 440 g/mol. The van der Waals surface area contributed by atoms with E-state index in [2.05, 4.69) is 31.2 Å². The topological polar surface area (TPSA) is 98.3 Å². The van der Waals surface area contributed by atoms with E-state index in [0.717, 1.165) is 21.4 Å². The molecule has 0 bridgehead atoms. The molecule has 0 spiro atoms. The van der Waals surface area contributed by atoms with Crippen molar-refractivity contribution in [1.82, 2.24) is 14.9 Å². The minimum atomic E-state index is -1.04. The van der Waals surface area contributed by atoms with E-state index in [0.29, 0.717) is 18.7 Å². The predicted octanol–water partition coefficient (Wildman–Crippen LogP) is 4.05. The molecule has 0 saturated carbocycles. The summed E-state index contributed by atoms with van der Waals surface area (Å²) in [6.07, 6.45) is 2.32. The summed E-state index contributed by atoms with van der Waals surface area (Å²) in [5, 5.41) is 12.0. The third kappa shape index (κ3) is 3.50. The fourth-order valence-electron chi connectivity index (χ4n) is 3.40. The SMILES string of the molecule is O=C(O)c1cccc(NC(=O)N2CCc3[nH]cnc3[C@H]2c2ccc(Br)cc2)c1. The first-order valence-corrected chi connectivity index (χ1v) is 9.51. The van der Waals surface area contributed by atoms with Crippen molar-refractivity contribution in [3.63, 3.8) is 0 Å². The lowest BCUT2D eigenvalue weighted by atomic mass is 9.96. The van der Waals surface area contributed by atoms with Gasteiger partial charge in [0.1, 0.15) is 6.04 Å². The average Bonchev–Trinajstić information content (AvgIpc) is 3.17. The number of nitrogens with one attached hydrogen (secondary N) is 2. The van der Waals surface area contributed by atoms with Gasteiger partial charge in [-0.25, -0.2) is 14.6 Å². The van der Waals surface area contributed by atoms with Crippen LogP contribution in [0.1, 0.15) is 33.4 Å². The molecule has 1 aliphatic heterocycles. The van der Waals surface area contributed by atoms with Crippen molar-refractivity contribution in [2.24, 2.45) is 0 Å². The van der Waals surface area contributed by atoms with Crippen molar-refractivity contribution < 1.29 is 14.7 Å². The van der Waals surface area contributed by atoms with Gasteiger partial charge in [-0.1, -0.05) is 34.1 Å². The number of H-pyrrole nitrogens is 1. The molecule has 8 heteroatoms. The Kier molecular flexibility index (Phi) is 4.87. The Balaban J connectivity index is 1.65. The fourth-order valence-corrected chi connectivity index (χ4v) is 3.67. The Morgan fingerprint density at radius 3 is 2.75 bits per heavy atom. The number of carbonyl (C=O) groups excluding carboxylic acids is 1. The van der Waals surface area contributed by atoms with Crippen molar-refractivity contribution in [3.8, 4) is 0 Å². The van der Waals surface area contributed by atoms with Crippen LogP contribution in [0.15, 0.2) is 59.3 Å². The lowest BCUT2D eigenvalue weighted by Gasteiger charge is -2.35. The summed E-state index contributed by atoms with van der Waals surface area (Å²) in [5.74, 6) is -1.04. The van der Waals surface area contributed by atoms with Gasteiger partial charge < -0.3 is 20.3 Å². The number of hydrogen-bond acceptors (Lipinski definition) is 3. The van der Waals surface area contributed by atoms with Crippen molar-refractivity contribution in [3.05, 3.63) is 81.8 Å². The highest BCUT2D eigenvalue weighted by Crippen LogP contribution is 2.34. The molecule has 2 aromatic carbocycles. The molecule has 3 aromatic rings. The number of fused-ring (bicyclic) bond motifs is 1. The number of halogens is 1. The second-order valence-electron chi connectivity index (χ2n) is 6.48. The molecule has 1 atom stereocenters. The van der Waals surface area contributed by atoms with Gasteiger partial charge in [0.25, 0.3) is 0 Å². The zero-order valence-corrected chi connectivity index (χ0v) is 16.3. The van der Waals surface area contributed by atoms with Crippen LogP contribution in [0.2, 0.25) is 0 Å². The number of amides is 2. The quantitative estimate of drug-likeness (QED) is 0.571. The molecular formula is C20H17BrN4O3. The van der Waals surface area contributed by atoms with Gasteiger partial charge in [0, 0.05) is 28.8 Å². The maximum Gasteiger partial charge on any atom is 0.335 e. The molecule has 0 saturated heterocycles. The number of imidazole rings is 1. The summed E-state index contributed by atoms with van der Waals surface area (Å²) in [6, 6.07) is 13.4. The van der Waals surface area contributed by atoms with Crippen LogP contribution in [0, 0.1) is 0 Å². The molecule has 3 N–H and O–H groups in total. The van der Waals surface area contributed by atoms with E-state index in [1.54, 1.807) is 23.4 Å². The first-order chi connectivity index (χ1) is 13.5. The Hall–Kier alpha value is -3.13. The molecule has 0 unspecified atom stereocenters. The van der Waals surface area contributed by atoms with Crippen LogP contribution in [0.4, 0.5) is 10.5 Å². The zero-order chi connectivity index (χ0) is 19.7. The molecule has 0 radical (unpaired) electrons. The third-order valence-corrected chi connectivity index (χ3v) is 5.26. The van der Waals surface area contributed by atoms with Crippen LogP contribution in [0.5, 0.6) is 0 Å². The van der Waals surface area contributed by atoms with Crippen molar-refractivity contribution >= 4 is 33.6 Å². The maximum atomic E-state index is 13.1. The van der Waals surface area contributed by atoms with Gasteiger partial charge in [0.15, 0.2) is 0 Å². The summed E-state index contributed by atoms with van der Waals surface area (Å²) in [5.41, 5.74) is 3.35. The van der Waals surface area contributed by atoms with E-state index in [-0.39, 0.29) is 17.6 Å². The van der Waals surface area contributed by atoms with Gasteiger partial charge in [-0.2, -0.15) is 0 Å². The summed E-state index contributed by atoms with van der Waals surface area (Å²) < 4.78 is 0.954. The molecule has 0 fully saturated rings. The third-order valence-electron chi connectivity index (χ3n) is 4.73. The van der Waals surface area contributed by atoms with E-state index >= 15 is 0 Å². The fraction of sp³-hybridized carbons (Fsp3) is 0.150. The number of anilines is 1. The van der Waals surface area contributed by atoms with Crippen molar-refractivity contribution in [2.75, 3.05) is 11.9 Å². The molecule has 1 aromatic heterocycles. The Morgan fingerprint density at radius 2 is 2.00 bits per heavy atom. The molecular weight excluding hydrogens is 424 g/mol. The van der Waals surface area contributed by atoms with Crippen molar-refractivity contribution in [2.45, 2.75) is 12.5 Å². The van der Waals surface area contributed by atoms with Gasteiger partial charge in [-0.3, -0.25) is 0 Å². The number of nitrogens with zero attached hydrogens (tertiary/aromatic N) is 2. The Bertz CT molecular complexity index is 1030. The lowest BCUT2D eigenvalue weighted by Crippen LogP contribution is -2.43. The molecule has 0 aliphatic carbocycles. The number of hydrogen-bond donors (Lipinski definition) is 3. The number of aromatic amines is 1. The minimum Gasteiger partial charge on any atom is -0.478 e. The minimum absolute atomic E-state index is 0.121. The molecule has 28 heavy (non-hydrogen) atoms. The first kappa shape index (κ1) is 18.2. The van der Waals surface area contributed by atoms with Crippen LogP contribution in [-0.4, -0.2) is 38.5 Å². The molecule has 142 valence electrons. The summed E-state index contributed by atoms with van der Waals surface area (Å²) in [6.45, 7) is 0.514. The van der Waals surface area contributed by atoms with E-state index in [1.165, 1.54) is 12.1 Å². The Morgan fingerprint density at radius 1 is 1.21 bits per heavy atom. The molecule has 4 rings (SSSR count). The summed E-state index contributed by atoms with van der Waals surface area (Å²) >= 11 is 3.44. The van der Waals surface area contributed by atoms with Crippen LogP contribution < -0.4 is 5.32 Å². The van der Waals surface area contributed by atoms with Crippen LogP contribution in [-0.2, 0) is 6.42 Å². The number of carboxylic acids is 1. The van der Waals surface area contributed by atoms with Gasteiger partial charge >= 0.3 is 12.0 Å². The van der Waals surface area contributed by atoms with Crippen LogP contribution >= 0.6 is 15.9 Å². The van der Waals surface area contributed by atoms with Gasteiger partial charge in [-0.15, -0.1) is 0 Å².